The van der Waals surface area contributed by atoms with Gasteiger partial charge in [-0.25, -0.2) is 8.42 Å². The van der Waals surface area contributed by atoms with E-state index in [2.05, 4.69) is 20.3 Å². The zero-order valence-electron chi connectivity index (χ0n) is 18.0. The van der Waals surface area contributed by atoms with Gasteiger partial charge < -0.3 is 15.5 Å². The quantitative estimate of drug-likeness (QED) is 0.514. The lowest BCUT2D eigenvalue weighted by molar-refractivity contribution is -0.125. The van der Waals surface area contributed by atoms with Gasteiger partial charge in [0.05, 0.1) is 6.26 Å². The summed E-state index contributed by atoms with van der Waals surface area (Å²) < 4.78 is 25.1. The van der Waals surface area contributed by atoms with Gasteiger partial charge in [-0.15, -0.1) is 0 Å². The number of hydrogen-bond donors (Lipinski definition) is 3. The Kier molecular flexibility index (Phi) is 8.53. The van der Waals surface area contributed by atoms with Crippen molar-refractivity contribution < 1.29 is 13.2 Å². The first-order valence-electron chi connectivity index (χ1n) is 11.2. The van der Waals surface area contributed by atoms with E-state index in [0.717, 1.165) is 71.2 Å². The molecule has 30 heavy (non-hydrogen) atoms. The van der Waals surface area contributed by atoms with Crippen LogP contribution < -0.4 is 15.4 Å². The molecule has 0 aromatic heterocycles. The van der Waals surface area contributed by atoms with Gasteiger partial charge in [0, 0.05) is 18.2 Å². The molecule has 2 saturated heterocycles. The molecule has 2 fully saturated rings. The zero-order valence-corrected chi connectivity index (χ0v) is 18.8. The number of carbonyl (C=O) groups excluding carboxylic acids is 1. The molecule has 2 aliphatic rings. The summed E-state index contributed by atoms with van der Waals surface area (Å²) in [6.45, 7) is 5.95. The Morgan fingerprint density at radius 3 is 2.40 bits per heavy atom. The number of sulfonamides is 1. The highest BCUT2D eigenvalue weighted by Gasteiger charge is 2.21. The molecule has 0 atom stereocenters. The molecule has 0 unspecified atom stereocenters. The lowest BCUT2D eigenvalue weighted by atomic mass is 9.90. The van der Waals surface area contributed by atoms with Gasteiger partial charge in [0.25, 0.3) is 0 Å². The number of likely N-dealkylation sites (tertiary alicyclic amines) is 1. The third-order valence-electron chi connectivity index (χ3n) is 6.15. The minimum Gasteiger partial charge on any atom is -0.356 e. The highest BCUT2D eigenvalue weighted by Crippen LogP contribution is 2.23. The Balaban J connectivity index is 1.29. The average molecular weight is 437 g/mol. The Morgan fingerprint density at radius 1 is 1.10 bits per heavy atom. The monoisotopic (exact) mass is 436 g/mol. The molecule has 1 aromatic rings. The number of nitrogens with one attached hydrogen (secondary N) is 3. The van der Waals surface area contributed by atoms with E-state index in [-0.39, 0.29) is 11.8 Å². The Bertz CT molecular complexity index is 768. The fraction of sp³-hybridized carbons (Fsp3) is 0.682. The van der Waals surface area contributed by atoms with Gasteiger partial charge in [0.2, 0.25) is 15.9 Å². The zero-order chi connectivity index (χ0) is 21.4. The molecule has 2 aliphatic heterocycles. The van der Waals surface area contributed by atoms with Gasteiger partial charge in [-0.1, -0.05) is 12.1 Å². The lowest BCUT2D eigenvalue weighted by Gasteiger charge is -2.32. The van der Waals surface area contributed by atoms with E-state index in [1.54, 1.807) is 0 Å². The fourth-order valence-electron chi connectivity index (χ4n) is 4.41. The maximum Gasteiger partial charge on any atom is 0.229 e. The number of anilines is 1. The van der Waals surface area contributed by atoms with Gasteiger partial charge in [-0.3, -0.25) is 9.52 Å². The van der Waals surface area contributed by atoms with Gasteiger partial charge in [-0.05, 0) is 94.9 Å². The van der Waals surface area contributed by atoms with E-state index >= 15 is 0 Å². The van der Waals surface area contributed by atoms with Crippen LogP contribution in [0.5, 0.6) is 0 Å². The van der Waals surface area contributed by atoms with Gasteiger partial charge in [0.15, 0.2) is 0 Å². The number of piperidine rings is 2. The van der Waals surface area contributed by atoms with Crippen LogP contribution in [-0.2, 0) is 21.2 Å². The molecule has 2 heterocycles. The van der Waals surface area contributed by atoms with Crippen molar-refractivity contribution >= 4 is 21.6 Å². The highest BCUT2D eigenvalue weighted by molar-refractivity contribution is 7.92. The molecule has 3 rings (SSSR count). The standard InChI is InChI=1S/C22H36N4O3S/c1-30(28,29)25-21-5-3-18(4-6-21)17-19-9-15-26(16-10-19)14-2-11-24-22(27)20-7-12-23-13-8-20/h3-6,19-20,23,25H,2,7-17H2,1H3,(H,24,27). The number of rotatable bonds is 9. The summed E-state index contributed by atoms with van der Waals surface area (Å²) >= 11 is 0. The molecule has 0 bridgehead atoms. The number of carbonyl (C=O) groups is 1. The maximum absolute atomic E-state index is 12.2. The third-order valence-corrected chi connectivity index (χ3v) is 6.76. The predicted molar refractivity (Wildman–Crippen MR) is 121 cm³/mol. The normalized spacial score (nSPS) is 19.5. The topological polar surface area (TPSA) is 90.5 Å². The van der Waals surface area contributed by atoms with Gasteiger partial charge in [-0.2, -0.15) is 0 Å². The van der Waals surface area contributed by atoms with E-state index in [1.165, 1.54) is 18.4 Å². The molecule has 0 spiro atoms. The Hall–Kier alpha value is -1.64. The van der Waals surface area contributed by atoms with Gasteiger partial charge >= 0.3 is 0 Å². The molecule has 0 saturated carbocycles. The smallest absolute Gasteiger partial charge is 0.229 e. The lowest BCUT2D eigenvalue weighted by Crippen LogP contribution is -2.40. The van der Waals surface area contributed by atoms with Crippen molar-refractivity contribution in [2.24, 2.45) is 11.8 Å². The third kappa shape index (κ3) is 7.89. The Labute approximate surface area is 181 Å². The second-order valence-electron chi connectivity index (χ2n) is 8.73. The maximum atomic E-state index is 12.2. The van der Waals surface area contributed by atoms with Crippen LogP contribution in [-0.4, -0.2) is 64.7 Å². The largest absolute Gasteiger partial charge is 0.356 e. The van der Waals surface area contributed by atoms with Crippen molar-refractivity contribution in [1.82, 2.24) is 15.5 Å². The van der Waals surface area contributed by atoms with E-state index in [9.17, 15) is 13.2 Å². The number of nitrogens with zero attached hydrogens (tertiary/aromatic N) is 1. The first kappa shape index (κ1) is 23.0. The van der Waals surface area contributed by atoms with Crippen LogP contribution in [0, 0.1) is 11.8 Å². The second-order valence-corrected chi connectivity index (χ2v) is 10.5. The highest BCUT2D eigenvalue weighted by atomic mass is 32.2. The first-order valence-corrected chi connectivity index (χ1v) is 13.1. The van der Waals surface area contributed by atoms with Crippen molar-refractivity contribution in [3.8, 4) is 0 Å². The van der Waals surface area contributed by atoms with Crippen molar-refractivity contribution in [1.29, 1.82) is 0 Å². The average Bonchev–Trinajstić information content (AvgIpc) is 2.73. The molecule has 0 aliphatic carbocycles. The van der Waals surface area contributed by atoms with Crippen LogP contribution >= 0.6 is 0 Å². The first-order chi connectivity index (χ1) is 14.4. The number of amides is 1. The van der Waals surface area contributed by atoms with Crippen LogP contribution in [0.4, 0.5) is 5.69 Å². The van der Waals surface area contributed by atoms with Crippen molar-refractivity contribution in [2.75, 3.05) is 50.2 Å². The van der Waals surface area contributed by atoms with Crippen LogP contribution in [0.3, 0.4) is 0 Å². The van der Waals surface area contributed by atoms with Crippen LogP contribution in [0.25, 0.3) is 0 Å². The summed E-state index contributed by atoms with van der Waals surface area (Å²) in [6, 6.07) is 7.71. The molecule has 7 nitrogen and oxygen atoms in total. The van der Waals surface area contributed by atoms with E-state index in [1.807, 2.05) is 24.3 Å². The Morgan fingerprint density at radius 2 is 1.77 bits per heavy atom. The second kappa shape index (κ2) is 11.1. The summed E-state index contributed by atoms with van der Waals surface area (Å²) in [7, 11) is -3.23. The summed E-state index contributed by atoms with van der Waals surface area (Å²) in [5.41, 5.74) is 1.87. The van der Waals surface area contributed by atoms with Crippen LogP contribution in [0.1, 0.15) is 37.7 Å². The molecule has 168 valence electrons. The van der Waals surface area contributed by atoms with E-state index in [0.29, 0.717) is 11.6 Å². The van der Waals surface area contributed by atoms with Crippen molar-refractivity contribution in [3.63, 3.8) is 0 Å². The minimum atomic E-state index is -3.23. The molecular formula is C22H36N4O3S. The summed E-state index contributed by atoms with van der Waals surface area (Å²) in [6.07, 6.45) is 7.49. The van der Waals surface area contributed by atoms with Crippen LogP contribution in [0.15, 0.2) is 24.3 Å². The molecule has 3 N–H and O–H groups in total. The molecule has 1 amide bonds. The molecular weight excluding hydrogens is 400 g/mol. The summed E-state index contributed by atoms with van der Waals surface area (Å²) in [4.78, 5) is 14.7. The van der Waals surface area contributed by atoms with E-state index in [4.69, 9.17) is 0 Å². The predicted octanol–water partition coefficient (Wildman–Crippen LogP) is 1.82. The summed E-state index contributed by atoms with van der Waals surface area (Å²) in [5, 5.41) is 6.41. The minimum absolute atomic E-state index is 0.193. The molecule has 0 radical (unpaired) electrons. The molecule has 8 heteroatoms. The SMILES string of the molecule is CS(=O)(=O)Nc1ccc(CC2CCN(CCCNC(=O)C3CCNCC3)CC2)cc1. The number of hydrogen-bond acceptors (Lipinski definition) is 5. The van der Waals surface area contributed by atoms with E-state index < -0.39 is 10.0 Å². The fourth-order valence-corrected chi connectivity index (χ4v) is 4.98. The molecule has 1 aromatic carbocycles. The van der Waals surface area contributed by atoms with Gasteiger partial charge in [0.1, 0.15) is 0 Å². The van der Waals surface area contributed by atoms with Crippen molar-refractivity contribution in [3.05, 3.63) is 29.8 Å². The number of benzene rings is 1. The summed E-state index contributed by atoms with van der Waals surface area (Å²) in [5.74, 6) is 1.10. The van der Waals surface area contributed by atoms with Crippen LogP contribution in [0.2, 0.25) is 0 Å². The van der Waals surface area contributed by atoms with Crippen molar-refractivity contribution in [2.45, 2.75) is 38.5 Å².